The number of nitrogens with zero attached hydrogens (tertiary/aromatic N) is 5. The van der Waals surface area contributed by atoms with E-state index in [1.54, 1.807) is 25.5 Å². The summed E-state index contributed by atoms with van der Waals surface area (Å²) >= 11 is 0. The molecule has 0 aromatic carbocycles. The van der Waals surface area contributed by atoms with Crippen molar-refractivity contribution in [3.05, 3.63) is 42.5 Å². The highest BCUT2D eigenvalue weighted by molar-refractivity contribution is 5.50. The Morgan fingerprint density at radius 1 is 1.32 bits per heavy atom. The van der Waals surface area contributed by atoms with E-state index in [-0.39, 0.29) is 0 Å². The van der Waals surface area contributed by atoms with E-state index in [9.17, 15) is 0 Å². The van der Waals surface area contributed by atoms with Crippen molar-refractivity contribution in [1.29, 1.82) is 5.26 Å². The van der Waals surface area contributed by atoms with Gasteiger partial charge >= 0.3 is 0 Å². The lowest BCUT2D eigenvalue weighted by Gasteiger charge is -2.09. The van der Waals surface area contributed by atoms with E-state index in [1.165, 1.54) is 16.8 Å². The summed E-state index contributed by atoms with van der Waals surface area (Å²) in [6, 6.07) is 5.71. The van der Waals surface area contributed by atoms with E-state index in [0.717, 1.165) is 13.0 Å². The topological polar surface area (TPSA) is 77.7 Å². The van der Waals surface area contributed by atoms with Crippen LogP contribution in [0.4, 0.5) is 11.6 Å². The zero-order valence-electron chi connectivity index (χ0n) is 10.6. The summed E-state index contributed by atoms with van der Waals surface area (Å²) in [5, 5.41) is 12.0. The predicted octanol–water partition coefficient (Wildman–Crippen LogP) is 1.44. The van der Waals surface area contributed by atoms with Crippen molar-refractivity contribution < 1.29 is 0 Å². The highest BCUT2D eigenvalue weighted by atomic mass is 15.2. The molecule has 0 fully saturated rings. The Bertz CT molecular complexity index is 563. The van der Waals surface area contributed by atoms with Crippen LogP contribution in [0.15, 0.2) is 36.9 Å². The van der Waals surface area contributed by atoms with Crippen LogP contribution in [0, 0.1) is 11.5 Å². The Labute approximate surface area is 111 Å². The second kappa shape index (κ2) is 6.31. The van der Waals surface area contributed by atoms with Gasteiger partial charge in [0.25, 0.3) is 0 Å². The van der Waals surface area contributed by atoms with Gasteiger partial charge in [0.15, 0.2) is 6.19 Å². The highest BCUT2D eigenvalue weighted by Gasteiger charge is 2.02. The Hall–Kier alpha value is -2.68. The van der Waals surface area contributed by atoms with Crippen LogP contribution < -0.4 is 10.2 Å². The molecule has 2 aromatic heterocycles. The van der Waals surface area contributed by atoms with Gasteiger partial charge in [0.2, 0.25) is 0 Å². The van der Waals surface area contributed by atoms with Crippen molar-refractivity contribution in [3.8, 4) is 6.19 Å². The first-order valence-electron chi connectivity index (χ1n) is 5.88. The fourth-order valence-electron chi connectivity index (χ4n) is 1.56. The van der Waals surface area contributed by atoms with Crippen LogP contribution in [-0.2, 0) is 6.42 Å². The van der Waals surface area contributed by atoms with Crippen LogP contribution in [0.3, 0.4) is 0 Å². The molecule has 0 bridgehead atoms. The zero-order valence-corrected chi connectivity index (χ0v) is 10.6. The molecule has 0 aliphatic rings. The summed E-state index contributed by atoms with van der Waals surface area (Å²) in [5.41, 5.74) is 1.21. The van der Waals surface area contributed by atoms with Gasteiger partial charge in [0.05, 0.1) is 0 Å². The van der Waals surface area contributed by atoms with Crippen LogP contribution in [0.2, 0.25) is 0 Å². The standard InChI is InChI=1S/C13H14N6/c1-19(9-14)13-8-12(17-10-18-13)16-7-4-11-2-5-15-6-3-11/h2-3,5-6,8,10H,4,7H2,1H3,(H,16,17,18). The predicted molar refractivity (Wildman–Crippen MR) is 72.5 cm³/mol. The van der Waals surface area contributed by atoms with Crippen molar-refractivity contribution in [2.75, 3.05) is 23.8 Å². The number of hydrogen-bond acceptors (Lipinski definition) is 6. The maximum atomic E-state index is 8.79. The van der Waals surface area contributed by atoms with Gasteiger partial charge in [-0.25, -0.2) is 9.97 Å². The minimum Gasteiger partial charge on any atom is -0.370 e. The van der Waals surface area contributed by atoms with Gasteiger partial charge in [0.1, 0.15) is 18.0 Å². The second-order valence-corrected chi connectivity index (χ2v) is 3.95. The van der Waals surface area contributed by atoms with Gasteiger partial charge in [-0.2, -0.15) is 5.26 Å². The largest absolute Gasteiger partial charge is 0.370 e. The van der Waals surface area contributed by atoms with Crippen LogP contribution in [0.25, 0.3) is 0 Å². The molecule has 19 heavy (non-hydrogen) atoms. The van der Waals surface area contributed by atoms with Crippen LogP contribution in [0.5, 0.6) is 0 Å². The minimum absolute atomic E-state index is 0.573. The van der Waals surface area contributed by atoms with Gasteiger partial charge in [-0.1, -0.05) is 0 Å². The third-order valence-corrected chi connectivity index (χ3v) is 2.62. The lowest BCUT2D eigenvalue weighted by Crippen LogP contribution is -2.12. The van der Waals surface area contributed by atoms with Crippen molar-refractivity contribution in [3.63, 3.8) is 0 Å². The number of nitriles is 1. The molecule has 2 aromatic rings. The average Bonchev–Trinajstić information content (AvgIpc) is 2.48. The van der Waals surface area contributed by atoms with E-state index in [1.807, 2.05) is 18.3 Å². The first-order chi connectivity index (χ1) is 9.29. The summed E-state index contributed by atoms with van der Waals surface area (Å²) in [6.45, 7) is 0.761. The monoisotopic (exact) mass is 254 g/mol. The Kier molecular flexibility index (Phi) is 4.24. The summed E-state index contributed by atoms with van der Waals surface area (Å²) in [5.74, 6) is 1.28. The van der Waals surface area contributed by atoms with E-state index in [2.05, 4.69) is 20.3 Å². The molecule has 6 heteroatoms. The normalized spacial score (nSPS) is 9.68. The van der Waals surface area contributed by atoms with Gasteiger partial charge in [0, 0.05) is 32.1 Å². The quantitative estimate of drug-likeness (QED) is 0.642. The average molecular weight is 254 g/mol. The van der Waals surface area contributed by atoms with Gasteiger partial charge in [-0.3, -0.25) is 9.88 Å². The van der Waals surface area contributed by atoms with Crippen LogP contribution in [0.1, 0.15) is 5.56 Å². The molecule has 2 rings (SSSR count). The summed E-state index contributed by atoms with van der Waals surface area (Å²) in [7, 11) is 1.66. The molecule has 0 aliphatic carbocycles. The fourth-order valence-corrected chi connectivity index (χ4v) is 1.56. The van der Waals surface area contributed by atoms with E-state index in [4.69, 9.17) is 5.26 Å². The summed E-state index contributed by atoms with van der Waals surface area (Å²) < 4.78 is 0. The zero-order chi connectivity index (χ0) is 13.5. The third-order valence-electron chi connectivity index (χ3n) is 2.62. The molecule has 0 spiro atoms. The van der Waals surface area contributed by atoms with E-state index in [0.29, 0.717) is 11.6 Å². The lowest BCUT2D eigenvalue weighted by molar-refractivity contribution is 0.989. The van der Waals surface area contributed by atoms with Crippen LogP contribution >= 0.6 is 0 Å². The summed E-state index contributed by atoms with van der Waals surface area (Å²) in [6.07, 6.45) is 7.88. The Morgan fingerprint density at radius 3 is 2.84 bits per heavy atom. The lowest BCUT2D eigenvalue weighted by atomic mass is 10.2. The molecule has 6 nitrogen and oxygen atoms in total. The van der Waals surface area contributed by atoms with E-state index < -0.39 is 0 Å². The van der Waals surface area contributed by atoms with Gasteiger partial charge < -0.3 is 5.32 Å². The Balaban J connectivity index is 1.91. The molecule has 1 N–H and O–H groups in total. The molecule has 96 valence electrons. The van der Waals surface area contributed by atoms with Crippen molar-refractivity contribution in [1.82, 2.24) is 15.0 Å². The fraction of sp³-hybridized carbons (Fsp3) is 0.231. The maximum Gasteiger partial charge on any atom is 0.185 e. The van der Waals surface area contributed by atoms with Crippen molar-refractivity contribution >= 4 is 11.6 Å². The first kappa shape index (κ1) is 12.8. The van der Waals surface area contributed by atoms with Gasteiger partial charge in [-0.15, -0.1) is 0 Å². The molecule has 0 atom stereocenters. The smallest absolute Gasteiger partial charge is 0.185 e. The minimum atomic E-state index is 0.573. The molecule has 0 aliphatic heterocycles. The van der Waals surface area contributed by atoms with Crippen LogP contribution in [-0.4, -0.2) is 28.5 Å². The second-order valence-electron chi connectivity index (χ2n) is 3.95. The van der Waals surface area contributed by atoms with E-state index >= 15 is 0 Å². The summed E-state index contributed by atoms with van der Waals surface area (Å²) in [4.78, 5) is 13.5. The molecule has 0 amide bonds. The van der Waals surface area contributed by atoms with Gasteiger partial charge in [-0.05, 0) is 24.1 Å². The molecule has 0 saturated heterocycles. The molecule has 2 heterocycles. The first-order valence-corrected chi connectivity index (χ1v) is 5.88. The number of hydrogen-bond donors (Lipinski definition) is 1. The Morgan fingerprint density at radius 2 is 2.11 bits per heavy atom. The number of nitrogens with one attached hydrogen (secondary N) is 1. The molecule has 0 unspecified atom stereocenters. The van der Waals surface area contributed by atoms with Crippen molar-refractivity contribution in [2.24, 2.45) is 0 Å². The number of aromatic nitrogens is 3. The molecular weight excluding hydrogens is 240 g/mol. The van der Waals surface area contributed by atoms with Crippen molar-refractivity contribution in [2.45, 2.75) is 6.42 Å². The SMILES string of the molecule is CN(C#N)c1cc(NCCc2ccncc2)ncn1. The maximum absolute atomic E-state index is 8.79. The molecule has 0 radical (unpaired) electrons. The number of rotatable bonds is 5. The molecular formula is C13H14N6. The number of pyridine rings is 1. The number of anilines is 2. The molecule has 0 saturated carbocycles. The third kappa shape index (κ3) is 3.64. The highest BCUT2D eigenvalue weighted by Crippen LogP contribution is 2.11.